The molecule has 0 spiro atoms. The second kappa shape index (κ2) is 9.22. The van der Waals surface area contributed by atoms with Crippen LogP contribution in [-0.2, 0) is 9.84 Å². The summed E-state index contributed by atoms with van der Waals surface area (Å²) < 4.78 is 25.1. The van der Waals surface area contributed by atoms with Crippen LogP contribution in [0.4, 0.5) is 11.6 Å². The van der Waals surface area contributed by atoms with Crippen LogP contribution in [0.2, 0.25) is 0 Å². The molecule has 33 heavy (non-hydrogen) atoms. The minimum absolute atomic E-state index is 0.0479. The van der Waals surface area contributed by atoms with E-state index in [1.54, 1.807) is 30.3 Å². The summed E-state index contributed by atoms with van der Waals surface area (Å²) in [6.07, 6.45) is 1.51. The number of rotatable bonds is 7. The van der Waals surface area contributed by atoms with E-state index in [4.69, 9.17) is 5.11 Å². The highest BCUT2D eigenvalue weighted by molar-refractivity contribution is 9.10. The maximum absolute atomic E-state index is 12.2. The summed E-state index contributed by atoms with van der Waals surface area (Å²) in [6, 6.07) is 14.9. The van der Waals surface area contributed by atoms with E-state index in [9.17, 15) is 18.3 Å². The number of carboxylic acids is 1. The van der Waals surface area contributed by atoms with Crippen molar-refractivity contribution in [1.29, 1.82) is 0 Å². The zero-order chi connectivity index (χ0) is 23.6. The van der Waals surface area contributed by atoms with Crippen molar-refractivity contribution in [1.82, 2.24) is 15.0 Å². The Morgan fingerprint density at radius 1 is 1.03 bits per heavy atom. The van der Waals surface area contributed by atoms with Crippen LogP contribution >= 0.6 is 15.9 Å². The minimum Gasteiger partial charge on any atom is -0.476 e. The van der Waals surface area contributed by atoms with Gasteiger partial charge in [0.2, 0.25) is 5.95 Å². The van der Waals surface area contributed by atoms with E-state index in [1.165, 1.54) is 18.3 Å². The third kappa shape index (κ3) is 4.85. The topological polar surface area (TPSA) is 142 Å². The molecule has 0 radical (unpaired) electrons. The number of aromatic nitrogens is 3. The lowest BCUT2D eigenvalue weighted by molar-refractivity contribution is 0.0691. The number of nitrogens with zero attached hydrogens (tertiary/aromatic N) is 3. The van der Waals surface area contributed by atoms with Crippen LogP contribution in [0, 0.1) is 0 Å². The van der Waals surface area contributed by atoms with Gasteiger partial charge in [0, 0.05) is 27.3 Å². The van der Waals surface area contributed by atoms with Gasteiger partial charge in [0.1, 0.15) is 0 Å². The number of carbonyl (C=O) groups is 1. The number of sulfone groups is 1. The lowest BCUT2D eigenvalue weighted by Crippen LogP contribution is -2.10. The molecule has 2 heterocycles. The predicted octanol–water partition coefficient (Wildman–Crippen LogP) is 3.66. The Morgan fingerprint density at radius 3 is 2.55 bits per heavy atom. The fraction of sp³-hybridized carbons (Fsp3) is 0.0909. The molecule has 0 saturated heterocycles. The van der Waals surface area contributed by atoms with Gasteiger partial charge in [-0.2, -0.15) is 4.98 Å². The lowest BCUT2D eigenvalue weighted by atomic mass is 10.0. The first kappa shape index (κ1) is 22.8. The predicted molar refractivity (Wildman–Crippen MR) is 126 cm³/mol. The summed E-state index contributed by atoms with van der Waals surface area (Å²) in [5.41, 5.74) is 1.53. The Morgan fingerprint density at radius 2 is 1.82 bits per heavy atom. The first-order chi connectivity index (χ1) is 15.8. The van der Waals surface area contributed by atoms with Crippen LogP contribution in [0.5, 0.6) is 0 Å². The molecule has 2 aromatic heterocycles. The highest BCUT2D eigenvalue weighted by Crippen LogP contribution is 2.32. The van der Waals surface area contributed by atoms with Gasteiger partial charge in [-0.3, -0.25) is 0 Å². The van der Waals surface area contributed by atoms with Crippen molar-refractivity contribution in [3.8, 4) is 11.1 Å². The summed E-state index contributed by atoms with van der Waals surface area (Å²) in [5, 5.41) is 22.1. The van der Waals surface area contributed by atoms with Crippen LogP contribution in [0.15, 0.2) is 70.2 Å². The van der Waals surface area contributed by atoms with Gasteiger partial charge in [-0.15, -0.1) is 0 Å². The van der Waals surface area contributed by atoms with Crippen molar-refractivity contribution < 1.29 is 23.4 Å². The van der Waals surface area contributed by atoms with E-state index >= 15 is 0 Å². The monoisotopic (exact) mass is 528 g/mol. The van der Waals surface area contributed by atoms with E-state index in [0.29, 0.717) is 22.2 Å². The summed E-state index contributed by atoms with van der Waals surface area (Å²) in [7, 11) is -3.62. The molecule has 0 aliphatic heterocycles. The number of aliphatic hydroxyl groups is 1. The Hall–Kier alpha value is -3.41. The van der Waals surface area contributed by atoms with Crippen molar-refractivity contribution in [2.75, 3.05) is 17.7 Å². The molecule has 4 aromatic rings. The first-order valence-corrected chi connectivity index (χ1v) is 12.1. The molecular weight excluding hydrogens is 512 g/mol. The summed E-state index contributed by atoms with van der Waals surface area (Å²) in [5.74, 6) is -1.46. The second-order valence-corrected chi connectivity index (χ2v) is 9.93. The highest BCUT2D eigenvalue weighted by Gasteiger charge is 2.18. The Kier molecular flexibility index (Phi) is 6.36. The van der Waals surface area contributed by atoms with Crippen molar-refractivity contribution >= 4 is 54.4 Å². The van der Waals surface area contributed by atoms with Crippen molar-refractivity contribution in [2.24, 2.45) is 0 Å². The molecule has 4 rings (SSSR count). The van der Waals surface area contributed by atoms with E-state index in [1.807, 2.05) is 12.1 Å². The fourth-order valence-electron chi connectivity index (χ4n) is 3.21. The summed E-state index contributed by atoms with van der Waals surface area (Å²) in [4.78, 5) is 24.7. The number of pyridine rings is 1. The number of fused-ring (bicyclic) bond motifs is 1. The molecule has 9 nitrogen and oxygen atoms in total. The van der Waals surface area contributed by atoms with E-state index in [0.717, 1.165) is 4.47 Å². The largest absolute Gasteiger partial charge is 0.476 e. The number of nitrogens with one attached hydrogen (secondary N) is 1. The van der Waals surface area contributed by atoms with Crippen LogP contribution in [0.25, 0.3) is 22.2 Å². The van der Waals surface area contributed by atoms with Crippen LogP contribution < -0.4 is 5.32 Å². The maximum Gasteiger partial charge on any atom is 0.355 e. The number of hydrogen-bond donors (Lipinski definition) is 3. The molecule has 168 valence electrons. The Balaban J connectivity index is 1.73. The van der Waals surface area contributed by atoms with Gasteiger partial charge in [0.25, 0.3) is 0 Å². The summed E-state index contributed by atoms with van der Waals surface area (Å²) >= 11 is 3.44. The first-order valence-electron chi connectivity index (χ1n) is 9.65. The molecule has 0 fully saturated rings. The number of benzene rings is 2. The van der Waals surface area contributed by atoms with Gasteiger partial charge in [-0.05, 0) is 35.9 Å². The molecule has 3 N–H and O–H groups in total. The van der Waals surface area contributed by atoms with Crippen molar-refractivity contribution in [2.45, 2.75) is 4.90 Å². The SMILES string of the molecule is O=C(O)c1nc2nc(Nc3cccc(S(=O)(=O)CCO)c3)ncc2cc1-c1ccccc1Br. The summed E-state index contributed by atoms with van der Waals surface area (Å²) in [6.45, 7) is -0.479. The Labute approximate surface area is 197 Å². The molecular formula is C22H17BrN4O5S. The molecule has 0 unspecified atom stereocenters. The highest BCUT2D eigenvalue weighted by atomic mass is 79.9. The molecule has 0 saturated carbocycles. The number of halogens is 1. The van der Waals surface area contributed by atoms with E-state index < -0.39 is 22.4 Å². The number of anilines is 2. The lowest BCUT2D eigenvalue weighted by Gasteiger charge is -2.11. The van der Waals surface area contributed by atoms with Gasteiger partial charge in [-0.1, -0.05) is 40.2 Å². The maximum atomic E-state index is 12.2. The molecule has 0 atom stereocenters. The minimum atomic E-state index is -3.62. The third-order valence-electron chi connectivity index (χ3n) is 4.74. The number of hydrogen-bond acceptors (Lipinski definition) is 8. The van der Waals surface area contributed by atoms with Gasteiger partial charge in [0.15, 0.2) is 21.2 Å². The van der Waals surface area contributed by atoms with E-state index in [-0.39, 0.29) is 27.9 Å². The zero-order valence-corrected chi connectivity index (χ0v) is 19.3. The zero-order valence-electron chi connectivity index (χ0n) is 16.9. The van der Waals surface area contributed by atoms with E-state index in [2.05, 4.69) is 36.2 Å². The number of aliphatic hydroxyl groups excluding tert-OH is 1. The van der Waals surface area contributed by atoms with Crippen LogP contribution in [-0.4, -0.2) is 51.9 Å². The molecule has 0 aliphatic carbocycles. The Bertz CT molecular complexity index is 1480. The average molecular weight is 529 g/mol. The standard InChI is InChI=1S/C22H17BrN4O5S/c23-18-7-2-1-6-16(18)17-10-13-12-24-22(27-20(13)26-19(17)21(29)30)25-14-4-3-5-15(11-14)33(31,32)9-8-28/h1-7,10-12,28H,8-9H2,(H,29,30)(H,24,25,26,27). The van der Waals surface area contributed by atoms with Gasteiger partial charge in [-0.25, -0.2) is 23.2 Å². The van der Waals surface area contributed by atoms with Crippen molar-refractivity contribution in [3.05, 3.63) is 71.0 Å². The van der Waals surface area contributed by atoms with Gasteiger partial charge in [0.05, 0.1) is 17.3 Å². The molecule has 2 aromatic carbocycles. The van der Waals surface area contributed by atoms with Crippen LogP contribution in [0.1, 0.15) is 10.5 Å². The van der Waals surface area contributed by atoms with Crippen LogP contribution in [0.3, 0.4) is 0 Å². The number of aromatic carboxylic acids is 1. The normalized spacial score (nSPS) is 11.5. The molecule has 0 amide bonds. The fourth-order valence-corrected chi connectivity index (χ4v) is 4.77. The molecule has 11 heteroatoms. The van der Waals surface area contributed by atoms with Gasteiger partial charge >= 0.3 is 5.97 Å². The molecule has 0 aliphatic rings. The second-order valence-electron chi connectivity index (χ2n) is 6.97. The van der Waals surface area contributed by atoms with Crippen molar-refractivity contribution in [3.63, 3.8) is 0 Å². The molecule has 0 bridgehead atoms. The average Bonchev–Trinajstić information content (AvgIpc) is 2.79. The quantitative estimate of drug-likeness (QED) is 0.327. The van der Waals surface area contributed by atoms with Gasteiger partial charge < -0.3 is 15.5 Å². The smallest absolute Gasteiger partial charge is 0.355 e. The number of carboxylic acid groups (broad SMARTS) is 1. The third-order valence-corrected chi connectivity index (χ3v) is 7.13.